The lowest BCUT2D eigenvalue weighted by Gasteiger charge is -2.21. The fourth-order valence-electron chi connectivity index (χ4n) is 2.68. The van der Waals surface area contributed by atoms with E-state index < -0.39 is 0 Å². The van der Waals surface area contributed by atoms with Crippen LogP contribution in [0.4, 0.5) is 0 Å². The highest BCUT2D eigenvalue weighted by Gasteiger charge is 2.20. The van der Waals surface area contributed by atoms with Crippen LogP contribution in [0.1, 0.15) is 38.2 Å². The molecule has 0 radical (unpaired) electrons. The van der Waals surface area contributed by atoms with Gasteiger partial charge in [-0.3, -0.25) is 0 Å². The molecule has 2 rings (SSSR count). The van der Waals surface area contributed by atoms with Crippen LogP contribution in [0.3, 0.4) is 0 Å². The Bertz CT molecular complexity index is 349. The Hall–Kier alpha value is -1.08. The molecule has 0 heterocycles. The Labute approximate surface area is 105 Å². The molecule has 1 aliphatic rings. The zero-order valence-electron chi connectivity index (χ0n) is 10.8. The van der Waals surface area contributed by atoms with Crippen LogP contribution in [0.25, 0.3) is 5.57 Å². The summed E-state index contributed by atoms with van der Waals surface area (Å²) in [5, 5.41) is 3.62. The molecule has 0 amide bonds. The first-order chi connectivity index (χ1) is 8.27. The van der Waals surface area contributed by atoms with Crippen LogP contribution < -0.4 is 5.32 Å². The third-order valence-electron chi connectivity index (χ3n) is 3.93. The molecule has 92 valence electrons. The normalized spacial score (nSPS) is 18.2. The number of hydrogen-bond donors (Lipinski definition) is 1. The molecule has 0 bridgehead atoms. The van der Waals surface area contributed by atoms with Gasteiger partial charge in [0, 0.05) is 12.6 Å². The van der Waals surface area contributed by atoms with Crippen LogP contribution in [0.5, 0.6) is 0 Å². The van der Waals surface area contributed by atoms with Gasteiger partial charge in [-0.1, -0.05) is 49.8 Å². The topological polar surface area (TPSA) is 12.0 Å². The average Bonchev–Trinajstić information content (AvgIpc) is 2.90. The maximum atomic E-state index is 4.16. The maximum absolute atomic E-state index is 4.16. The molecular formula is C16H23N. The Morgan fingerprint density at radius 3 is 2.59 bits per heavy atom. The summed E-state index contributed by atoms with van der Waals surface area (Å²) in [4.78, 5) is 0. The molecule has 0 aromatic heterocycles. The van der Waals surface area contributed by atoms with Gasteiger partial charge in [-0.25, -0.2) is 0 Å². The molecule has 0 aliphatic heterocycles. The zero-order chi connectivity index (χ0) is 12.1. The minimum absolute atomic E-state index is 0.623. The SMILES string of the molecule is C=C(CN[C@H](C)C1CCCC1)c1ccccc1. The van der Waals surface area contributed by atoms with E-state index in [1.54, 1.807) is 0 Å². The summed E-state index contributed by atoms with van der Waals surface area (Å²) in [6.45, 7) is 7.38. The Balaban J connectivity index is 1.80. The van der Waals surface area contributed by atoms with Crippen molar-refractivity contribution < 1.29 is 0 Å². The molecule has 1 atom stereocenters. The smallest absolute Gasteiger partial charge is 0.0208 e. The van der Waals surface area contributed by atoms with Crippen LogP contribution >= 0.6 is 0 Å². The van der Waals surface area contributed by atoms with Gasteiger partial charge in [0.1, 0.15) is 0 Å². The summed E-state index contributed by atoms with van der Waals surface area (Å²) in [5.74, 6) is 0.874. The van der Waals surface area contributed by atoms with E-state index in [0.29, 0.717) is 6.04 Å². The second-order valence-electron chi connectivity index (χ2n) is 5.18. The summed E-state index contributed by atoms with van der Waals surface area (Å²) in [7, 11) is 0. The molecule has 1 aromatic rings. The van der Waals surface area contributed by atoms with E-state index in [9.17, 15) is 0 Å². The Kier molecular flexibility index (Phi) is 4.38. The lowest BCUT2D eigenvalue weighted by atomic mass is 9.99. The lowest BCUT2D eigenvalue weighted by Crippen LogP contribution is -2.33. The summed E-state index contributed by atoms with van der Waals surface area (Å²) in [5.41, 5.74) is 2.44. The molecule has 1 saturated carbocycles. The second-order valence-corrected chi connectivity index (χ2v) is 5.18. The fourth-order valence-corrected chi connectivity index (χ4v) is 2.68. The van der Waals surface area contributed by atoms with E-state index in [1.165, 1.54) is 36.8 Å². The molecule has 0 unspecified atom stereocenters. The van der Waals surface area contributed by atoms with Crippen molar-refractivity contribution in [2.24, 2.45) is 5.92 Å². The van der Waals surface area contributed by atoms with Gasteiger partial charge in [0.15, 0.2) is 0 Å². The zero-order valence-corrected chi connectivity index (χ0v) is 10.8. The summed E-state index contributed by atoms with van der Waals surface area (Å²) in [6, 6.07) is 11.1. The molecule has 17 heavy (non-hydrogen) atoms. The van der Waals surface area contributed by atoms with Gasteiger partial charge in [0.05, 0.1) is 0 Å². The first-order valence-corrected chi connectivity index (χ1v) is 6.74. The van der Waals surface area contributed by atoms with Gasteiger partial charge in [-0.15, -0.1) is 0 Å². The largest absolute Gasteiger partial charge is 0.310 e. The van der Waals surface area contributed by atoms with Crippen molar-refractivity contribution in [3.8, 4) is 0 Å². The summed E-state index contributed by atoms with van der Waals surface area (Å²) < 4.78 is 0. The van der Waals surface area contributed by atoms with Gasteiger partial charge in [-0.2, -0.15) is 0 Å². The quantitative estimate of drug-likeness (QED) is 0.808. The Morgan fingerprint density at radius 1 is 1.29 bits per heavy atom. The molecule has 0 saturated heterocycles. The predicted octanol–water partition coefficient (Wildman–Crippen LogP) is 3.87. The molecule has 1 nitrogen and oxygen atoms in total. The summed E-state index contributed by atoms with van der Waals surface area (Å²) in [6.07, 6.45) is 5.62. The van der Waals surface area contributed by atoms with E-state index in [1.807, 2.05) is 6.07 Å². The van der Waals surface area contributed by atoms with Crippen molar-refractivity contribution >= 4 is 5.57 Å². The van der Waals surface area contributed by atoms with Gasteiger partial charge in [0.25, 0.3) is 0 Å². The monoisotopic (exact) mass is 229 g/mol. The number of nitrogens with one attached hydrogen (secondary N) is 1. The second kappa shape index (κ2) is 6.02. The first-order valence-electron chi connectivity index (χ1n) is 6.74. The molecule has 1 N–H and O–H groups in total. The molecule has 1 heteroatoms. The molecule has 1 aliphatic carbocycles. The van der Waals surface area contributed by atoms with E-state index in [2.05, 4.69) is 43.1 Å². The highest BCUT2D eigenvalue weighted by molar-refractivity contribution is 5.64. The van der Waals surface area contributed by atoms with E-state index >= 15 is 0 Å². The highest BCUT2D eigenvalue weighted by atomic mass is 14.9. The van der Waals surface area contributed by atoms with Crippen LogP contribution in [0.15, 0.2) is 36.9 Å². The van der Waals surface area contributed by atoms with Crippen molar-refractivity contribution in [1.82, 2.24) is 5.32 Å². The predicted molar refractivity (Wildman–Crippen MR) is 74.9 cm³/mol. The van der Waals surface area contributed by atoms with Crippen LogP contribution in [0, 0.1) is 5.92 Å². The van der Waals surface area contributed by atoms with Gasteiger partial charge < -0.3 is 5.32 Å². The van der Waals surface area contributed by atoms with Crippen LogP contribution in [-0.2, 0) is 0 Å². The van der Waals surface area contributed by atoms with Crippen LogP contribution in [0.2, 0.25) is 0 Å². The minimum atomic E-state index is 0.623. The van der Waals surface area contributed by atoms with E-state index in [4.69, 9.17) is 0 Å². The van der Waals surface area contributed by atoms with E-state index in [0.717, 1.165) is 12.5 Å². The number of rotatable bonds is 5. The first kappa shape index (κ1) is 12.4. The average molecular weight is 229 g/mol. The Morgan fingerprint density at radius 2 is 1.94 bits per heavy atom. The molecule has 0 spiro atoms. The van der Waals surface area contributed by atoms with Crippen molar-refractivity contribution in [3.63, 3.8) is 0 Å². The van der Waals surface area contributed by atoms with Crippen molar-refractivity contribution in [1.29, 1.82) is 0 Å². The number of hydrogen-bond acceptors (Lipinski definition) is 1. The summed E-state index contributed by atoms with van der Waals surface area (Å²) >= 11 is 0. The molecule has 1 aromatic carbocycles. The molecular weight excluding hydrogens is 206 g/mol. The fraction of sp³-hybridized carbons (Fsp3) is 0.500. The third-order valence-corrected chi connectivity index (χ3v) is 3.93. The molecule has 1 fully saturated rings. The van der Waals surface area contributed by atoms with Gasteiger partial charge in [0.2, 0.25) is 0 Å². The lowest BCUT2D eigenvalue weighted by molar-refractivity contribution is 0.396. The van der Waals surface area contributed by atoms with E-state index in [-0.39, 0.29) is 0 Å². The van der Waals surface area contributed by atoms with Gasteiger partial charge in [-0.05, 0) is 36.8 Å². The van der Waals surface area contributed by atoms with Gasteiger partial charge >= 0.3 is 0 Å². The van der Waals surface area contributed by atoms with Crippen molar-refractivity contribution in [3.05, 3.63) is 42.5 Å². The van der Waals surface area contributed by atoms with Crippen LogP contribution in [-0.4, -0.2) is 12.6 Å². The minimum Gasteiger partial charge on any atom is -0.310 e. The van der Waals surface area contributed by atoms with Crippen molar-refractivity contribution in [2.45, 2.75) is 38.6 Å². The maximum Gasteiger partial charge on any atom is 0.0208 e. The van der Waals surface area contributed by atoms with Crippen molar-refractivity contribution in [2.75, 3.05) is 6.54 Å². The number of benzene rings is 1. The standard InChI is InChI=1S/C16H23N/c1-13(15-8-4-3-5-9-15)12-17-14(2)16-10-6-7-11-16/h3-5,8-9,14,16-17H,1,6-7,10-12H2,2H3/t14-/m1/s1. The highest BCUT2D eigenvalue weighted by Crippen LogP contribution is 2.27. The third kappa shape index (κ3) is 3.44.